The molecule has 0 saturated heterocycles. The zero-order valence-electron chi connectivity index (χ0n) is 9.58. The van der Waals surface area contributed by atoms with Crippen LogP contribution in [0.2, 0.25) is 30.1 Å². The van der Waals surface area contributed by atoms with Crippen molar-refractivity contribution >= 4 is 81.0 Å². The highest BCUT2D eigenvalue weighted by Gasteiger charge is 2.22. The van der Waals surface area contributed by atoms with Crippen LogP contribution in [-0.2, 0) is 0 Å². The molecule has 20 heavy (non-hydrogen) atoms. The fraction of sp³-hybridized carbons (Fsp3) is 0. The summed E-state index contributed by atoms with van der Waals surface area (Å²) in [6, 6.07) is 3.21. The van der Waals surface area contributed by atoms with E-state index in [1.54, 1.807) is 12.1 Å². The first-order valence-corrected chi connectivity index (χ1v) is 7.39. The summed E-state index contributed by atoms with van der Waals surface area (Å²) >= 11 is 36.5. The number of anilines is 2. The second-order valence-electron chi connectivity index (χ2n) is 3.87. The lowest BCUT2D eigenvalue weighted by molar-refractivity contribution is 1.60. The van der Waals surface area contributed by atoms with Crippen molar-refractivity contribution in [1.29, 1.82) is 0 Å². The summed E-state index contributed by atoms with van der Waals surface area (Å²) in [7, 11) is 0. The molecule has 0 aromatic heterocycles. The minimum atomic E-state index is 0.0756. The van der Waals surface area contributed by atoms with Crippen LogP contribution in [0.15, 0.2) is 12.1 Å². The molecule has 8 heteroatoms. The minimum absolute atomic E-state index is 0.0756. The first kappa shape index (κ1) is 16.2. The number of nitrogen functional groups attached to an aromatic ring is 2. The third kappa shape index (κ3) is 2.50. The molecule has 2 rings (SSSR count). The van der Waals surface area contributed by atoms with Crippen molar-refractivity contribution in [2.45, 2.75) is 0 Å². The molecule has 0 saturated carbocycles. The summed E-state index contributed by atoms with van der Waals surface area (Å²) in [6.45, 7) is 0. The van der Waals surface area contributed by atoms with Gasteiger partial charge in [0.2, 0.25) is 0 Å². The maximum Gasteiger partial charge on any atom is 0.0809 e. The minimum Gasteiger partial charge on any atom is -0.397 e. The van der Waals surface area contributed by atoms with Gasteiger partial charge in [-0.15, -0.1) is 0 Å². The highest BCUT2D eigenvalue weighted by Crippen LogP contribution is 2.50. The molecule has 0 radical (unpaired) electrons. The first-order chi connectivity index (χ1) is 9.27. The van der Waals surface area contributed by atoms with Crippen molar-refractivity contribution < 1.29 is 0 Å². The molecule has 0 aliphatic rings. The summed E-state index contributed by atoms with van der Waals surface area (Å²) in [4.78, 5) is 0. The number of halogens is 6. The molecule has 0 aliphatic heterocycles. The summed E-state index contributed by atoms with van der Waals surface area (Å²) in [6.07, 6.45) is 0. The molecule has 0 heterocycles. The van der Waals surface area contributed by atoms with Crippen molar-refractivity contribution in [1.82, 2.24) is 0 Å². The van der Waals surface area contributed by atoms with Crippen molar-refractivity contribution in [2.75, 3.05) is 11.5 Å². The Morgan fingerprint density at radius 1 is 0.600 bits per heavy atom. The highest BCUT2D eigenvalue weighted by atomic mass is 35.5. The van der Waals surface area contributed by atoms with Crippen LogP contribution in [0.3, 0.4) is 0 Å². The average molecular weight is 391 g/mol. The van der Waals surface area contributed by atoms with Gasteiger partial charge in [-0.2, -0.15) is 0 Å². The maximum absolute atomic E-state index is 6.18. The highest BCUT2D eigenvalue weighted by molar-refractivity contribution is 6.56. The second kappa shape index (κ2) is 5.88. The summed E-state index contributed by atoms with van der Waals surface area (Å²) in [5.41, 5.74) is 12.9. The van der Waals surface area contributed by atoms with Gasteiger partial charge in [0.1, 0.15) is 0 Å². The van der Waals surface area contributed by atoms with Gasteiger partial charge in [-0.05, 0) is 6.07 Å². The van der Waals surface area contributed by atoms with Crippen LogP contribution in [0, 0.1) is 0 Å². The van der Waals surface area contributed by atoms with Gasteiger partial charge in [0.05, 0.1) is 41.5 Å². The molecule has 4 N–H and O–H groups in total. The molecule has 0 fully saturated rings. The predicted molar refractivity (Wildman–Crippen MR) is 90.8 cm³/mol. The lowest BCUT2D eigenvalue weighted by Gasteiger charge is -2.15. The topological polar surface area (TPSA) is 52.0 Å². The van der Waals surface area contributed by atoms with Gasteiger partial charge in [-0.1, -0.05) is 75.7 Å². The van der Waals surface area contributed by atoms with Crippen LogP contribution < -0.4 is 11.5 Å². The molecule has 2 aromatic carbocycles. The molecule has 0 spiro atoms. The van der Waals surface area contributed by atoms with Gasteiger partial charge in [-0.3, -0.25) is 0 Å². The normalized spacial score (nSPS) is 10.9. The number of hydrogen-bond donors (Lipinski definition) is 2. The van der Waals surface area contributed by atoms with Crippen LogP contribution in [0.1, 0.15) is 0 Å². The van der Waals surface area contributed by atoms with Crippen LogP contribution in [0.25, 0.3) is 11.1 Å². The van der Waals surface area contributed by atoms with E-state index in [4.69, 9.17) is 81.1 Å². The van der Waals surface area contributed by atoms with Gasteiger partial charge in [0.15, 0.2) is 0 Å². The van der Waals surface area contributed by atoms with Gasteiger partial charge in [-0.25, -0.2) is 0 Å². The zero-order valence-corrected chi connectivity index (χ0v) is 14.1. The van der Waals surface area contributed by atoms with E-state index in [1.165, 1.54) is 0 Å². The van der Waals surface area contributed by atoms with Crippen LogP contribution in [0.5, 0.6) is 0 Å². The van der Waals surface area contributed by atoms with E-state index in [0.717, 1.165) is 0 Å². The van der Waals surface area contributed by atoms with E-state index in [9.17, 15) is 0 Å². The lowest BCUT2D eigenvalue weighted by atomic mass is 10.0. The third-order valence-corrected chi connectivity index (χ3v) is 5.38. The number of nitrogens with two attached hydrogens (primary N) is 2. The zero-order chi connectivity index (χ0) is 15.2. The Bertz CT molecular complexity index is 685. The second-order valence-corrected chi connectivity index (χ2v) is 6.14. The van der Waals surface area contributed by atoms with E-state index < -0.39 is 0 Å². The molecular formula is C12H6Cl6N2. The molecule has 0 aliphatic carbocycles. The molecule has 0 bridgehead atoms. The van der Waals surface area contributed by atoms with Crippen molar-refractivity contribution in [2.24, 2.45) is 0 Å². The largest absolute Gasteiger partial charge is 0.397 e. The first-order valence-electron chi connectivity index (χ1n) is 5.12. The third-order valence-electron chi connectivity index (χ3n) is 2.69. The Balaban J connectivity index is 2.87. The standard InChI is InChI=1S/C12H6Cl6N2/c13-6-3(1-2-4(19)12(6)20)5-7(14)9(16)11(18)10(17)8(5)15/h1-2H,19-20H2. The van der Waals surface area contributed by atoms with Gasteiger partial charge < -0.3 is 11.5 Å². The SMILES string of the molecule is Nc1ccc(-c2c(Cl)c(Cl)c(Cl)c(Cl)c2Cl)c(Cl)c1N. The molecule has 2 aromatic rings. The fourth-order valence-corrected chi connectivity index (χ4v) is 3.25. The quantitative estimate of drug-likeness (QED) is 0.334. The van der Waals surface area contributed by atoms with Crippen molar-refractivity contribution in [3.63, 3.8) is 0 Å². The molecule has 0 atom stereocenters. The van der Waals surface area contributed by atoms with Crippen molar-refractivity contribution in [3.8, 4) is 11.1 Å². The monoisotopic (exact) mass is 388 g/mol. The molecule has 0 amide bonds. The fourth-order valence-electron chi connectivity index (χ4n) is 1.64. The lowest BCUT2D eigenvalue weighted by Crippen LogP contribution is -1.97. The van der Waals surface area contributed by atoms with Gasteiger partial charge in [0.25, 0.3) is 0 Å². The predicted octanol–water partition coefficient (Wildman–Crippen LogP) is 6.44. The molecule has 106 valence electrons. The Morgan fingerprint density at radius 2 is 1.05 bits per heavy atom. The van der Waals surface area contributed by atoms with Crippen LogP contribution in [0.4, 0.5) is 11.4 Å². The van der Waals surface area contributed by atoms with E-state index in [2.05, 4.69) is 0 Å². The Labute approximate surface area is 145 Å². The van der Waals surface area contributed by atoms with Gasteiger partial charge >= 0.3 is 0 Å². The van der Waals surface area contributed by atoms with E-state index >= 15 is 0 Å². The Kier molecular flexibility index (Phi) is 4.75. The average Bonchev–Trinajstić information content (AvgIpc) is 2.43. The Hall–Kier alpha value is -0.220. The summed E-state index contributed by atoms with van der Waals surface area (Å²) in [5, 5.41) is 0.734. The Morgan fingerprint density at radius 3 is 1.55 bits per heavy atom. The van der Waals surface area contributed by atoms with Gasteiger partial charge in [0, 0.05) is 11.1 Å². The van der Waals surface area contributed by atoms with E-state index in [1.807, 2.05) is 0 Å². The molecule has 2 nitrogen and oxygen atoms in total. The smallest absolute Gasteiger partial charge is 0.0809 e. The van der Waals surface area contributed by atoms with Crippen LogP contribution in [-0.4, -0.2) is 0 Å². The van der Waals surface area contributed by atoms with Crippen molar-refractivity contribution in [3.05, 3.63) is 42.3 Å². The molecular weight excluding hydrogens is 385 g/mol. The summed E-state index contributed by atoms with van der Waals surface area (Å²) in [5.74, 6) is 0. The van der Waals surface area contributed by atoms with Crippen LogP contribution >= 0.6 is 69.6 Å². The summed E-state index contributed by atoms with van der Waals surface area (Å²) < 4.78 is 0. The molecule has 0 unspecified atom stereocenters. The number of benzene rings is 2. The maximum atomic E-state index is 6.18. The van der Waals surface area contributed by atoms with E-state index in [-0.39, 0.29) is 35.8 Å². The number of hydrogen-bond acceptors (Lipinski definition) is 2. The number of rotatable bonds is 1. The van der Waals surface area contributed by atoms with E-state index in [0.29, 0.717) is 16.8 Å².